The minimum absolute atomic E-state index is 0.672. The SMILES string of the molecule is CCC/C=C(\C)[C@@H](C)C/C(C)=C\NC. The maximum atomic E-state index is 3.07. The Balaban J connectivity index is 4.06. The average Bonchev–Trinajstić information content (AvgIpc) is 2.14. The summed E-state index contributed by atoms with van der Waals surface area (Å²) in [5.41, 5.74) is 2.94. The largest absolute Gasteiger partial charge is 0.394 e. The van der Waals surface area contributed by atoms with E-state index in [0.717, 1.165) is 6.42 Å². The van der Waals surface area contributed by atoms with E-state index in [1.54, 1.807) is 0 Å². The summed E-state index contributed by atoms with van der Waals surface area (Å²) in [6, 6.07) is 0. The first-order valence-electron chi connectivity index (χ1n) is 5.61. The van der Waals surface area contributed by atoms with Gasteiger partial charge in [0.2, 0.25) is 0 Å². The third-order valence-corrected chi connectivity index (χ3v) is 2.55. The van der Waals surface area contributed by atoms with Crippen molar-refractivity contribution >= 4 is 0 Å². The van der Waals surface area contributed by atoms with Gasteiger partial charge >= 0.3 is 0 Å². The van der Waals surface area contributed by atoms with E-state index < -0.39 is 0 Å². The molecule has 1 atom stereocenters. The van der Waals surface area contributed by atoms with Gasteiger partial charge in [-0.2, -0.15) is 0 Å². The second kappa shape index (κ2) is 7.66. The normalized spacial score (nSPS) is 15.5. The van der Waals surface area contributed by atoms with E-state index in [0.29, 0.717) is 5.92 Å². The summed E-state index contributed by atoms with van der Waals surface area (Å²) in [6.45, 7) is 8.95. The van der Waals surface area contributed by atoms with Crippen LogP contribution in [-0.2, 0) is 0 Å². The smallest absolute Gasteiger partial charge is 0.00276 e. The lowest BCUT2D eigenvalue weighted by Gasteiger charge is -2.12. The van der Waals surface area contributed by atoms with Crippen molar-refractivity contribution in [3.8, 4) is 0 Å². The van der Waals surface area contributed by atoms with Crippen LogP contribution in [0.4, 0.5) is 0 Å². The molecule has 0 heterocycles. The van der Waals surface area contributed by atoms with Crippen molar-refractivity contribution in [2.45, 2.75) is 47.0 Å². The fourth-order valence-corrected chi connectivity index (χ4v) is 1.52. The van der Waals surface area contributed by atoms with Crippen molar-refractivity contribution in [1.82, 2.24) is 5.32 Å². The van der Waals surface area contributed by atoms with Gasteiger partial charge in [-0.1, -0.05) is 37.5 Å². The number of hydrogen-bond donors (Lipinski definition) is 1. The molecular weight excluding hydrogens is 170 g/mol. The fourth-order valence-electron chi connectivity index (χ4n) is 1.52. The Hall–Kier alpha value is -0.720. The Kier molecular flexibility index (Phi) is 7.27. The van der Waals surface area contributed by atoms with Crippen LogP contribution in [0.15, 0.2) is 23.4 Å². The summed E-state index contributed by atoms with van der Waals surface area (Å²) >= 11 is 0. The molecule has 0 aromatic heterocycles. The molecule has 82 valence electrons. The van der Waals surface area contributed by atoms with Crippen LogP contribution in [0.1, 0.15) is 47.0 Å². The predicted octanol–water partition coefficient (Wildman–Crippen LogP) is 3.88. The lowest BCUT2D eigenvalue weighted by molar-refractivity contribution is 0.663. The minimum atomic E-state index is 0.672. The molecule has 0 radical (unpaired) electrons. The van der Waals surface area contributed by atoms with Crippen LogP contribution in [0.2, 0.25) is 0 Å². The standard InChI is InChI=1S/C13H25N/c1-6-7-8-12(3)13(4)9-11(2)10-14-5/h8,10,13-14H,6-7,9H2,1-5H3/b11-10-,12-8+/t13-/m0/s1. The fraction of sp³-hybridized carbons (Fsp3) is 0.692. The van der Waals surface area contributed by atoms with Gasteiger partial charge in [-0.25, -0.2) is 0 Å². The maximum absolute atomic E-state index is 3.07. The van der Waals surface area contributed by atoms with Crippen molar-refractivity contribution in [2.24, 2.45) is 5.92 Å². The molecule has 14 heavy (non-hydrogen) atoms. The molecule has 0 rings (SSSR count). The molecule has 0 aliphatic heterocycles. The lowest BCUT2D eigenvalue weighted by atomic mass is 9.94. The van der Waals surface area contributed by atoms with Crippen LogP contribution in [0.3, 0.4) is 0 Å². The average molecular weight is 195 g/mol. The van der Waals surface area contributed by atoms with Gasteiger partial charge in [-0.3, -0.25) is 0 Å². The predicted molar refractivity (Wildman–Crippen MR) is 65.3 cm³/mol. The molecule has 0 amide bonds. The first-order valence-corrected chi connectivity index (χ1v) is 5.61. The molecule has 0 aromatic rings. The van der Waals surface area contributed by atoms with Crippen molar-refractivity contribution in [2.75, 3.05) is 7.05 Å². The third-order valence-electron chi connectivity index (χ3n) is 2.55. The molecule has 0 saturated heterocycles. The van der Waals surface area contributed by atoms with Gasteiger partial charge < -0.3 is 5.32 Å². The second-order valence-corrected chi connectivity index (χ2v) is 4.12. The quantitative estimate of drug-likeness (QED) is 0.634. The van der Waals surface area contributed by atoms with Crippen molar-refractivity contribution in [1.29, 1.82) is 0 Å². The van der Waals surface area contributed by atoms with E-state index in [1.807, 2.05) is 7.05 Å². The number of hydrogen-bond acceptors (Lipinski definition) is 1. The van der Waals surface area contributed by atoms with Crippen LogP contribution < -0.4 is 5.32 Å². The Labute approximate surface area is 89.3 Å². The second-order valence-electron chi connectivity index (χ2n) is 4.12. The molecule has 0 aromatic carbocycles. The van der Waals surface area contributed by atoms with Crippen molar-refractivity contribution in [3.63, 3.8) is 0 Å². The molecule has 0 aliphatic carbocycles. The third kappa shape index (κ3) is 5.85. The van der Waals surface area contributed by atoms with E-state index in [1.165, 1.54) is 24.0 Å². The van der Waals surface area contributed by atoms with Crippen molar-refractivity contribution < 1.29 is 0 Å². The molecule has 0 saturated carbocycles. The van der Waals surface area contributed by atoms with Crippen LogP contribution in [0.5, 0.6) is 0 Å². The van der Waals surface area contributed by atoms with Gasteiger partial charge in [-0.15, -0.1) is 0 Å². The van der Waals surface area contributed by atoms with Crippen molar-refractivity contribution in [3.05, 3.63) is 23.4 Å². The Morgan fingerprint density at radius 1 is 1.36 bits per heavy atom. The van der Waals surface area contributed by atoms with Gasteiger partial charge in [0, 0.05) is 7.05 Å². The highest BCUT2D eigenvalue weighted by molar-refractivity contribution is 5.08. The highest BCUT2D eigenvalue weighted by Crippen LogP contribution is 2.19. The summed E-state index contributed by atoms with van der Waals surface area (Å²) in [7, 11) is 1.95. The Morgan fingerprint density at radius 3 is 2.50 bits per heavy atom. The summed E-state index contributed by atoms with van der Waals surface area (Å²) < 4.78 is 0. The van der Waals surface area contributed by atoms with Gasteiger partial charge in [0.1, 0.15) is 0 Å². The maximum Gasteiger partial charge on any atom is 0.00276 e. The molecular formula is C13H25N. The zero-order chi connectivity index (χ0) is 11.0. The van der Waals surface area contributed by atoms with Gasteiger partial charge in [0.05, 0.1) is 0 Å². The molecule has 0 aliphatic rings. The first-order chi connectivity index (χ1) is 6.61. The molecule has 0 spiro atoms. The zero-order valence-electron chi connectivity index (χ0n) is 10.4. The van der Waals surface area contributed by atoms with Crippen LogP contribution in [0, 0.1) is 5.92 Å². The molecule has 0 fully saturated rings. The van der Waals surface area contributed by atoms with E-state index >= 15 is 0 Å². The van der Waals surface area contributed by atoms with Gasteiger partial charge in [-0.05, 0) is 38.8 Å². The zero-order valence-corrected chi connectivity index (χ0v) is 10.4. The lowest BCUT2D eigenvalue weighted by Crippen LogP contribution is -2.01. The molecule has 0 unspecified atom stereocenters. The molecule has 1 N–H and O–H groups in total. The van der Waals surface area contributed by atoms with Gasteiger partial charge in [0.15, 0.2) is 0 Å². The number of rotatable bonds is 6. The summed E-state index contributed by atoms with van der Waals surface area (Å²) in [5, 5.41) is 3.07. The van der Waals surface area contributed by atoms with Crippen LogP contribution in [-0.4, -0.2) is 7.05 Å². The van der Waals surface area contributed by atoms with Crippen LogP contribution in [0.25, 0.3) is 0 Å². The van der Waals surface area contributed by atoms with E-state index in [9.17, 15) is 0 Å². The number of unbranched alkanes of at least 4 members (excludes halogenated alkanes) is 1. The number of nitrogens with one attached hydrogen (secondary N) is 1. The topological polar surface area (TPSA) is 12.0 Å². The molecule has 1 heteroatoms. The first kappa shape index (κ1) is 13.3. The van der Waals surface area contributed by atoms with E-state index in [4.69, 9.17) is 0 Å². The highest BCUT2D eigenvalue weighted by Gasteiger charge is 2.04. The Morgan fingerprint density at radius 2 is 2.00 bits per heavy atom. The summed E-state index contributed by atoms with van der Waals surface area (Å²) in [4.78, 5) is 0. The van der Waals surface area contributed by atoms with Crippen LogP contribution >= 0.6 is 0 Å². The number of allylic oxidation sites excluding steroid dienone is 3. The summed E-state index contributed by atoms with van der Waals surface area (Å²) in [6.07, 6.45) is 8.08. The molecule has 1 nitrogen and oxygen atoms in total. The minimum Gasteiger partial charge on any atom is -0.394 e. The summed E-state index contributed by atoms with van der Waals surface area (Å²) in [5.74, 6) is 0.672. The van der Waals surface area contributed by atoms with E-state index in [-0.39, 0.29) is 0 Å². The van der Waals surface area contributed by atoms with Gasteiger partial charge in [0.25, 0.3) is 0 Å². The monoisotopic (exact) mass is 195 g/mol. The molecule has 0 bridgehead atoms. The Bertz CT molecular complexity index is 201. The van der Waals surface area contributed by atoms with E-state index in [2.05, 4.69) is 45.3 Å². The highest BCUT2D eigenvalue weighted by atomic mass is 14.8.